The molecule has 1 aromatic heterocycles. The van der Waals surface area contributed by atoms with Gasteiger partial charge in [-0.05, 0) is 36.4 Å². The Bertz CT molecular complexity index is 1010. The van der Waals surface area contributed by atoms with Gasteiger partial charge in [0.05, 0.1) is 10.7 Å². The van der Waals surface area contributed by atoms with Crippen molar-refractivity contribution in [2.45, 2.75) is 11.8 Å². The summed E-state index contributed by atoms with van der Waals surface area (Å²) in [7, 11) is 1.79. The minimum Gasteiger partial charge on any atom is -0.486 e. The Balaban J connectivity index is 1.50. The lowest BCUT2D eigenvalue weighted by Gasteiger charge is -2.07. The van der Waals surface area contributed by atoms with E-state index in [4.69, 9.17) is 16.3 Å². The topological polar surface area (TPSA) is 112 Å². The fourth-order valence-corrected chi connectivity index (χ4v) is 3.12. The zero-order valence-corrected chi connectivity index (χ0v) is 16.8. The van der Waals surface area contributed by atoms with Crippen molar-refractivity contribution in [3.63, 3.8) is 0 Å². The third kappa shape index (κ3) is 5.69. The summed E-state index contributed by atoms with van der Waals surface area (Å²) < 4.78 is 7.40. The first kappa shape index (κ1) is 20.6. The van der Waals surface area contributed by atoms with Gasteiger partial charge in [0.1, 0.15) is 12.4 Å². The van der Waals surface area contributed by atoms with E-state index < -0.39 is 4.92 Å². The number of thioether (sulfide) groups is 1. The zero-order chi connectivity index (χ0) is 20.8. The van der Waals surface area contributed by atoms with Crippen LogP contribution in [0.2, 0.25) is 5.02 Å². The summed E-state index contributed by atoms with van der Waals surface area (Å²) in [4.78, 5) is 22.3. The van der Waals surface area contributed by atoms with E-state index in [2.05, 4.69) is 15.5 Å². The minimum absolute atomic E-state index is 0.0372. The molecular weight excluding hydrogens is 418 g/mol. The maximum Gasteiger partial charge on any atom is 0.269 e. The predicted molar refractivity (Wildman–Crippen MR) is 109 cm³/mol. The highest BCUT2D eigenvalue weighted by Crippen LogP contribution is 2.20. The van der Waals surface area contributed by atoms with Gasteiger partial charge in [0.15, 0.2) is 11.0 Å². The second kappa shape index (κ2) is 9.39. The molecule has 3 rings (SSSR count). The van der Waals surface area contributed by atoms with Gasteiger partial charge in [0, 0.05) is 29.9 Å². The molecule has 29 heavy (non-hydrogen) atoms. The number of nitrogens with one attached hydrogen (secondary N) is 1. The van der Waals surface area contributed by atoms with Crippen molar-refractivity contribution in [1.82, 2.24) is 14.8 Å². The number of ether oxygens (including phenoxy) is 1. The van der Waals surface area contributed by atoms with Crippen molar-refractivity contribution in [2.24, 2.45) is 7.05 Å². The molecule has 0 radical (unpaired) electrons. The van der Waals surface area contributed by atoms with Gasteiger partial charge < -0.3 is 14.6 Å². The molecule has 9 nitrogen and oxygen atoms in total. The molecule has 150 valence electrons. The maximum atomic E-state index is 12.1. The highest BCUT2D eigenvalue weighted by molar-refractivity contribution is 7.99. The molecule has 0 aliphatic heterocycles. The molecule has 0 bridgehead atoms. The highest BCUT2D eigenvalue weighted by atomic mass is 35.5. The number of amides is 1. The molecule has 1 amide bonds. The molecular formula is C18H16ClN5O4S. The maximum absolute atomic E-state index is 12.1. The number of non-ortho nitro benzene ring substituents is 1. The average molecular weight is 434 g/mol. The first-order valence-corrected chi connectivity index (χ1v) is 9.72. The Morgan fingerprint density at radius 2 is 1.90 bits per heavy atom. The SMILES string of the molecule is Cn1c(COc2ccc(Cl)cc2)nnc1SCC(=O)Nc1ccc([N+](=O)[O-])cc1. The molecule has 0 aliphatic rings. The van der Waals surface area contributed by atoms with Crippen LogP contribution in [-0.4, -0.2) is 31.3 Å². The standard InChI is InChI=1S/C18H16ClN5O4S/c1-23-16(10-28-15-8-2-12(19)3-9-15)21-22-18(23)29-11-17(25)20-13-4-6-14(7-5-13)24(26)27/h2-9H,10-11H2,1H3,(H,20,25). The van der Waals surface area contributed by atoms with Crippen LogP contribution in [0, 0.1) is 10.1 Å². The lowest BCUT2D eigenvalue weighted by atomic mass is 10.3. The van der Waals surface area contributed by atoms with E-state index in [0.717, 1.165) is 0 Å². The van der Waals surface area contributed by atoms with Crippen molar-refractivity contribution in [1.29, 1.82) is 0 Å². The number of nitro groups is 1. The predicted octanol–water partition coefficient (Wildman–Crippen LogP) is 3.69. The normalized spacial score (nSPS) is 10.6. The van der Waals surface area contributed by atoms with Crippen LogP contribution in [0.3, 0.4) is 0 Å². The number of hydrogen-bond donors (Lipinski definition) is 1. The third-order valence-electron chi connectivity index (χ3n) is 3.80. The quantitative estimate of drug-likeness (QED) is 0.327. The number of rotatable bonds is 8. The molecule has 11 heteroatoms. The molecule has 3 aromatic rings. The number of benzene rings is 2. The van der Waals surface area contributed by atoms with E-state index in [-0.39, 0.29) is 24.0 Å². The van der Waals surface area contributed by atoms with Crippen molar-refractivity contribution >= 4 is 40.6 Å². The van der Waals surface area contributed by atoms with Crippen LogP contribution in [0.25, 0.3) is 0 Å². The van der Waals surface area contributed by atoms with E-state index in [1.54, 1.807) is 35.9 Å². The Kier molecular flexibility index (Phi) is 6.68. The van der Waals surface area contributed by atoms with E-state index >= 15 is 0 Å². The molecule has 0 aliphatic carbocycles. The molecule has 2 aromatic carbocycles. The van der Waals surface area contributed by atoms with Gasteiger partial charge in [-0.25, -0.2) is 0 Å². The molecule has 0 saturated carbocycles. The van der Waals surface area contributed by atoms with Gasteiger partial charge in [0.2, 0.25) is 5.91 Å². The Hall–Kier alpha value is -3.11. The molecule has 0 saturated heterocycles. The van der Waals surface area contributed by atoms with Crippen LogP contribution in [0.4, 0.5) is 11.4 Å². The van der Waals surface area contributed by atoms with Gasteiger partial charge in [-0.1, -0.05) is 23.4 Å². The Labute approximate surface area is 175 Å². The molecule has 0 fully saturated rings. The zero-order valence-electron chi connectivity index (χ0n) is 15.2. The van der Waals surface area contributed by atoms with E-state index in [1.807, 2.05) is 0 Å². The largest absolute Gasteiger partial charge is 0.486 e. The van der Waals surface area contributed by atoms with Crippen LogP contribution < -0.4 is 10.1 Å². The lowest BCUT2D eigenvalue weighted by Crippen LogP contribution is -2.14. The molecule has 1 N–H and O–H groups in total. The summed E-state index contributed by atoms with van der Waals surface area (Å²) in [5.74, 6) is 1.12. The highest BCUT2D eigenvalue weighted by Gasteiger charge is 2.13. The number of carbonyl (C=O) groups is 1. The van der Waals surface area contributed by atoms with Gasteiger partial charge in [-0.15, -0.1) is 10.2 Å². The molecule has 1 heterocycles. The number of hydrogen-bond acceptors (Lipinski definition) is 7. The van der Waals surface area contributed by atoms with E-state index in [0.29, 0.717) is 27.4 Å². The average Bonchev–Trinajstić information content (AvgIpc) is 3.06. The third-order valence-corrected chi connectivity index (χ3v) is 5.07. The smallest absolute Gasteiger partial charge is 0.269 e. The number of carbonyl (C=O) groups excluding carboxylic acids is 1. The van der Waals surface area contributed by atoms with Crippen LogP contribution in [-0.2, 0) is 18.4 Å². The Morgan fingerprint density at radius 1 is 1.21 bits per heavy atom. The minimum atomic E-state index is -0.496. The van der Waals surface area contributed by atoms with E-state index in [9.17, 15) is 14.9 Å². The van der Waals surface area contributed by atoms with Gasteiger partial charge in [-0.2, -0.15) is 0 Å². The fraction of sp³-hybridized carbons (Fsp3) is 0.167. The van der Waals surface area contributed by atoms with Crippen molar-refractivity contribution in [2.75, 3.05) is 11.1 Å². The summed E-state index contributed by atoms with van der Waals surface area (Å²) in [6.07, 6.45) is 0. The Morgan fingerprint density at radius 3 is 2.55 bits per heavy atom. The number of aromatic nitrogens is 3. The summed E-state index contributed by atoms with van der Waals surface area (Å²) in [5.41, 5.74) is 0.445. The first-order chi connectivity index (χ1) is 13.9. The van der Waals surface area contributed by atoms with Crippen molar-refractivity contribution in [3.05, 3.63) is 69.5 Å². The summed E-state index contributed by atoms with van der Waals surface area (Å²) in [6.45, 7) is 0.223. The van der Waals surface area contributed by atoms with E-state index in [1.165, 1.54) is 36.0 Å². The van der Waals surface area contributed by atoms with Crippen LogP contribution in [0.1, 0.15) is 5.82 Å². The first-order valence-electron chi connectivity index (χ1n) is 8.36. The van der Waals surface area contributed by atoms with Gasteiger partial charge in [0.25, 0.3) is 5.69 Å². The van der Waals surface area contributed by atoms with Crippen LogP contribution in [0.15, 0.2) is 53.7 Å². The lowest BCUT2D eigenvalue weighted by molar-refractivity contribution is -0.384. The molecule has 0 unspecified atom stereocenters. The monoisotopic (exact) mass is 433 g/mol. The fourth-order valence-electron chi connectivity index (χ4n) is 2.27. The van der Waals surface area contributed by atoms with Crippen molar-refractivity contribution < 1.29 is 14.5 Å². The number of nitro benzene ring substituents is 1. The number of halogens is 1. The number of anilines is 1. The second-order valence-corrected chi connectivity index (χ2v) is 7.22. The van der Waals surface area contributed by atoms with Gasteiger partial charge >= 0.3 is 0 Å². The summed E-state index contributed by atoms with van der Waals surface area (Å²) >= 11 is 7.07. The van der Waals surface area contributed by atoms with Crippen LogP contribution in [0.5, 0.6) is 5.75 Å². The molecule has 0 spiro atoms. The second-order valence-electron chi connectivity index (χ2n) is 5.84. The summed E-state index contributed by atoms with van der Waals surface area (Å²) in [6, 6.07) is 12.6. The molecule has 0 atom stereocenters. The number of nitrogens with zero attached hydrogens (tertiary/aromatic N) is 4. The van der Waals surface area contributed by atoms with Crippen molar-refractivity contribution in [3.8, 4) is 5.75 Å². The van der Waals surface area contributed by atoms with Crippen LogP contribution >= 0.6 is 23.4 Å². The van der Waals surface area contributed by atoms with Gasteiger partial charge in [-0.3, -0.25) is 14.9 Å². The summed E-state index contributed by atoms with van der Waals surface area (Å²) in [5, 5.41) is 22.7.